The Morgan fingerprint density at radius 2 is 1.93 bits per heavy atom. The fourth-order valence-corrected chi connectivity index (χ4v) is 2.77. The molecule has 2 aromatic rings. The van der Waals surface area contributed by atoms with Crippen LogP contribution in [0, 0.1) is 6.92 Å². The number of anilines is 1. The molecule has 0 aromatic heterocycles. The van der Waals surface area contributed by atoms with E-state index < -0.39 is 0 Å². The summed E-state index contributed by atoms with van der Waals surface area (Å²) >= 11 is 0. The van der Waals surface area contributed by atoms with E-state index in [1.807, 2.05) is 25.2 Å². The molecule has 7 heteroatoms. The van der Waals surface area contributed by atoms with Crippen molar-refractivity contribution in [3.63, 3.8) is 0 Å². The maximum Gasteiger partial charge on any atom is 0.221 e. The number of aryl methyl sites for hydroxylation is 1. The van der Waals surface area contributed by atoms with E-state index in [4.69, 9.17) is 4.74 Å². The maximum absolute atomic E-state index is 11.2. The third-order valence-electron chi connectivity index (χ3n) is 4.14. The van der Waals surface area contributed by atoms with Gasteiger partial charge in [0, 0.05) is 38.8 Å². The van der Waals surface area contributed by atoms with Gasteiger partial charge in [-0.1, -0.05) is 30.3 Å². The van der Waals surface area contributed by atoms with Crippen molar-refractivity contribution in [2.24, 2.45) is 4.99 Å². The Morgan fingerprint density at radius 3 is 2.62 bits per heavy atom. The lowest BCUT2D eigenvalue weighted by atomic mass is 10.1. The minimum atomic E-state index is -0.103. The molecule has 0 radical (unpaired) electrons. The van der Waals surface area contributed by atoms with Crippen molar-refractivity contribution < 1.29 is 9.53 Å². The van der Waals surface area contributed by atoms with Crippen molar-refractivity contribution >= 4 is 41.5 Å². The third kappa shape index (κ3) is 8.72. The van der Waals surface area contributed by atoms with Crippen LogP contribution in [0.25, 0.3) is 0 Å². The van der Waals surface area contributed by atoms with E-state index in [9.17, 15) is 4.79 Å². The van der Waals surface area contributed by atoms with Crippen molar-refractivity contribution in [1.29, 1.82) is 0 Å². The number of nitrogens with zero attached hydrogens (tertiary/aromatic N) is 2. The van der Waals surface area contributed by atoms with Gasteiger partial charge in [-0.15, -0.1) is 24.0 Å². The number of ether oxygens (including phenoxy) is 1. The van der Waals surface area contributed by atoms with Gasteiger partial charge in [0.05, 0.1) is 6.54 Å². The van der Waals surface area contributed by atoms with E-state index in [0.717, 1.165) is 24.7 Å². The highest BCUT2D eigenvalue weighted by Gasteiger charge is 2.08. The molecule has 0 aliphatic carbocycles. The molecule has 6 nitrogen and oxygen atoms in total. The SMILES string of the molecule is CCNC(=NCCOc1cccc(NC(C)=O)c1)N(C)Cc1ccccc1C.I. The Bertz CT molecular complexity index is 811. The summed E-state index contributed by atoms with van der Waals surface area (Å²) in [6, 6.07) is 15.7. The molecule has 2 N–H and O–H groups in total. The molecule has 0 aliphatic heterocycles. The number of guanidine groups is 1. The largest absolute Gasteiger partial charge is 0.492 e. The first kappa shape index (κ1) is 24.7. The number of benzene rings is 2. The number of amides is 1. The molecule has 158 valence electrons. The first-order valence-corrected chi connectivity index (χ1v) is 9.54. The molecule has 2 rings (SSSR count). The predicted octanol–water partition coefficient (Wildman–Crippen LogP) is 4.05. The summed E-state index contributed by atoms with van der Waals surface area (Å²) in [7, 11) is 2.03. The van der Waals surface area contributed by atoms with Crippen LogP contribution in [-0.2, 0) is 11.3 Å². The van der Waals surface area contributed by atoms with Gasteiger partial charge >= 0.3 is 0 Å². The highest BCUT2D eigenvalue weighted by Crippen LogP contribution is 2.17. The second-order valence-corrected chi connectivity index (χ2v) is 6.58. The topological polar surface area (TPSA) is 66.0 Å². The maximum atomic E-state index is 11.2. The monoisotopic (exact) mass is 510 g/mol. The summed E-state index contributed by atoms with van der Waals surface area (Å²) < 4.78 is 5.77. The van der Waals surface area contributed by atoms with Crippen LogP contribution in [0.4, 0.5) is 5.69 Å². The smallest absolute Gasteiger partial charge is 0.221 e. The minimum absolute atomic E-state index is 0. The second-order valence-electron chi connectivity index (χ2n) is 6.58. The molecule has 0 saturated carbocycles. The standard InChI is InChI=1S/C22H30N4O2.HI/c1-5-23-22(26(4)16-19-10-7-6-9-17(19)2)24-13-14-28-21-12-8-11-20(15-21)25-18(3)27;/h6-12,15H,5,13-14,16H2,1-4H3,(H,23,24)(H,25,27);1H. The highest BCUT2D eigenvalue weighted by molar-refractivity contribution is 14.0. The molecular weight excluding hydrogens is 479 g/mol. The number of carbonyl (C=O) groups is 1. The zero-order valence-corrected chi connectivity index (χ0v) is 19.9. The van der Waals surface area contributed by atoms with Gasteiger partial charge in [0.2, 0.25) is 5.91 Å². The van der Waals surface area contributed by atoms with Gasteiger partial charge in [0.1, 0.15) is 12.4 Å². The van der Waals surface area contributed by atoms with Crippen LogP contribution in [0.15, 0.2) is 53.5 Å². The van der Waals surface area contributed by atoms with Crippen LogP contribution in [0.2, 0.25) is 0 Å². The summed E-state index contributed by atoms with van der Waals surface area (Å²) in [5, 5.41) is 6.07. The predicted molar refractivity (Wildman–Crippen MR) is 130 cm³/mol. The summed E-state index contributed by atoms with van der Waals surface area (Å²) in [6.07, 6.45) is 0. The molecule has 0 bridgehead atoms. The molecule has 0 fully saturated rings. The van der Waals surface area contributed by atoms with Crippen LogP contribution < -0.4 is 15.4 Å². The van der Waals surface area contributed by atoms with E-state index in [0.29, 0.717) is 18.9 Å². The lowest BCUT2D eigenvalue weighted by Gasteiger charge is -2.23. The number of halogens is 1. The van der Waals surface area contributed by atoms with Crippen molar-refractivity contribution in [3.05, 3.63) is 59.7 Å². The van der Waals surface area contributed by atoms with Gasteiger partial charge < -0.3 is 20.3 Å². The van der Waals surface area contributed by atoms with E-state index in [2.05, 4.69) is 58.6 Å². The zero-order chi connectivity index (χ0) is 20.4. The van der Waals surface area contributed by atoms with Crippen molar-refractivity contribution in [1.82, 2.24) is 10.2 Å². The number of aliphatic imine (C=N–C) groups is 1. The first-order valence-electron chi connectivity index (χ1n) is 9.54. The Kier molecular flexibility index (Phi) is 11.1. The summed E-state index contributed by atoms with van der Waals surface area (Å²) in [5.74, 6) is 1.45. The molecule has 1 amide bonds. The molecule has 2 aromatic carbocycles. The van der Waals surface area contributed by atoms with Gasteiger partial charge in [0.15, 0.2) is 5.96 Å². The number of hydrogen-bond donors (Lipinski definition) is 2. The molecule has 0 aliphatic rings. The van der Waals surface area contributed by atoms with Crippen molar-refractivity contribution in [3.8, 4) is 5.75 Å². The summed E-state index contributed by atoms with van der Waals surface area (Å²) in [5.41, 5.74) is 3.27. The lowest BCUT2D eigenvalue weighted by molar-refractivity contribution is -0.114. The quantitative estimate of drug-likeness (QED) is 0.244. The van der Waals surface area contributed by atoms with Gasteiger partial charge in [0.25, 0.3) is 0 Å². The van der Waals surface area contributed by atoms with Crippen LogP contribution in [0.5, 0.6) is 5.75 Å². The molecule has 0 unspecified atom stereocenters. The Labute approximate surface area is 190 Å². The molecule has 0 atom stereocenters. The van der Waals surface area contributed by atoms with Crippen molar-refractivity contribution in [2.45, 2.75) is 27.3 Å². The summed E-state index contributed by atoms with van der Waals surface area (Å²) in [6.45, 7) is 8.24. The summed E-state index contributed by atoms with van der Waals surface area (Å²) in [4.78, 5) is 17.9. The normalized spacial score (nSPS) is 10.7. The van der Waals surface area contributed by atoms with Crippen LogP contribution in [0.1, 0.15) is 25.0 Å². The van der Waals surface area contributed by atoms with Crippen molar-refractivity contribution in [2.75, 3.05) is 32.1 Å². The second kappa shape index (κ2) is 13.0. The number of nitrogens with one attached hydrogen (secondary N) is 2. The Morgan fingerprint density at radius 1 is 1.17 bits per heavy atom. The van der Waals surface area contributed by atoms with Crippen LogP contribution in [-0.4, -0.2) is 43.5 Å². The molecule has 0 saturated heterocycles. The van der Waals surface area contributed by atoms with E-state index in [1.165, 1.54) is 18.1 Å². The zero-order valence-electron chi connectivity index (χ0n) is 17.6. The fraction of sp³-hybridized carbons (Fsp3) is 0.364. The van der Waals surface area contributed by atoms with Gasteiger partial charge in [-0.25, -0.2) is 4.99 Å². The van der Waals surface area contributed by atoms with Crippen LogP contribution in [0.3, 0.4) is 0 Å². The number of carbonyl (C=O) groups excluding carboxylic acids is 1. The molecular formula is C22H31IN4O2. The lowest BCUT2D eigenvalue weighted by Crippen LogP contribution is -2.38. The van der Waals surface area contributed by atoms with Gasteiger partial charge in [-0.2, -0.15) is 0 Å². The Balaban J connectivity index is 0.00000420. The Hall–Kier alpha value is -2.29. The average molecular weight is 510 g/mol. The molecule has 0 spiro atoms. The number of hydrogen-bond acceptors (Lipinski definition) is 3. The van der Waals surface area contributed by atoms with Gasteiger partial charge in [-0.05, 0) is 37.1 Å². The van der Waals surface area contributed by atoms with Gasteiger partial charge in [-0.3, -0.25) is 4.79 Å². The molecule has 0 heterocycles. The fourth-order valence-electron chi connectivity index (χ4n) is 2.77. The van der Waals surface area contributed by atoms with E-state index in [-0.39, 0.29) is 29.9 Å². The van der Waals surface area contributed by atoms with E-state index >= 15 is 0 Å². The highest BCUT2D eigenvalue weighted by atomic mass is 127. The van der Waals surface area contributed by atoms with E-state index in [1.54, 1.807) is 6.07 Å². The minimum Gasteiger partial charge on any atom is -0.492 e. The molecule has 29 heavy (non-hydrogen) atoms. The van der Waals surface area contributed by atoms with Crippen LogP contribution >= 0.6 is 24.0 Å². The average Bonchev–Trinajstić information content (AvgIpc) is 2.66. The first-order chi connectivity index (χ1) is 13.5. The number of rotatable bonds is 8. The third-order valence-corrected chi connectivity index (χ3v) is 4.14.